The summed E-state index contributed by atoms with van der Waals surface area (Å²) in [6.45, 7) is 7.01. The molecule has 17 heteroatoms. The number of piperidine rings is 2. The van der Waals surface area contributed by atoms with Crippen LogP contribution in [0.3, 0.4) is 0 Å². The zero-order valence-electron chi connectivity index (χ0n) is 35.1. The van der Waals surface area contributed by atoms with E-state index >= 15 is 0 Å². The van der Waals surface area contributed by atoms with E-state index in [0.717, 1.165) is 56.8 Å². The Labute approximate surface area is 360 Å². The lowest BCUT2D eigenvalue weighted by Crippen LogP contribution is -2.50. The molecule has 0 saturated carbocycles. The van der Waals surface area contributed by atoms with Gasteiger partial charge in [0.15, 0.2) is 0 Å². The number of aromatic nitrogens is 3. The number of ether oxygens (including phenoxy) is 1. The molecule has 2 atom stereocenters. The third-order valence-electron chi connectivity index (χ3n) is 12.5. The Morgan fingerprint density at radius 1 is 0.887 bits per heavy atom. The van der Waals surface area contributed by atoms with Gasteiger partial charge in [0.25, 0.3) is 11.8 Å². The number of pyridine rings is 1. The second-order valence-corrected chi connectivity index (χ2v) is 16.6. The van der Waals surface area contributed by atoms with Crippen molar-refractivity contribution >= 4 is 41.0 Å². The molecule has 17 nitrogen and oxygen atoms in total. The van der Waals surface area contributed by atoms with Gasteiger partial charge in [0.1, 0.15) is 40.3 Å². The Kier molecular flexibility index (Phi) is 13.1. The molecule has 2 aromatic heterocycles. The van der Waals surface area contributed by atoms with E-state index in [1.807, 2.05) is 71.2 Å². The summed E-state index contributed by atoms with van der Waals surface area (Å²) < 4.78 is 7.93. The minimum absolute atomic E-state index is 0.0826. The van der Waals surface area contributed by atoms with Crippen LogP contribution < -0.4 is 26.4 Å². The Morgan fingerprint density at radius 3 is 2.35 bits per heavy atom. The molecule has 5 N–H and O–H groups in total. The van der Waals surface area contributed by atoms with E-state index in [9.17, 15) is 24.0 Å². The zero-order valence-corrected chi connectivity index (χ0v) is 35.1. The Balaban J connectivity index is 0.767. The first-order chi connectivity index (χ1) is 30.1. The van der Waals surface area contributed by atoms with Crippen molar-refractivity contribution in [2.24, 2.45) is 11.7 Å². The number of hydrogen-bond acceptors (Lipinski definition) is 12. The van der Waals surface area contributed by atoms with Crippen molar-refractivity contribution in [2.75, 3.05) is 83.1 Å². The summed E-state index contributed by atoms with van der Waals surface area (Å²) in [6, 6.07) is 20.0. The minimum atomic E-state index is -0.539. The number of likely N-dealkylation sites (N-methyl/N-ethyl adjacent to an activating group) is 1. The predicted octanol–water partition coefficient (Wildman–Crippen LogP) is 3.43. The number of imide groups is 1. The molecule has 3 fully saturated rings. The molecule has 4 aliphatic heterocycles. The maximum absolute atomic E-state index is 13.4. The molecule has 5 amide bonds. The highest BCUT2D eigenvalue weighted by molar-refractivity contribution is 6.04. The number of para-hydroxylation sites is 1. The van der Waals surface area contributed by atoms with E-state index in [4.69, 9.17) is 15.6 Å². The summed E-state index contributed by atoms with van der Waals surface area (Å²) in [4.78, 5) is 75.8. The van der Waals surface area contributed by atoms with Gasteiger partial charge in [-0.05, 0) is 87.2 Å². The molecule has 0 radical (unpaired) electrons. The molecule has 0 bridgehead atoms. The number of carbonyl (C=O) groups excluding carboxylic acids is 5. The monoisotopic (exact) mass is 845 g/mol. The van der Waals surface area contributed by atoms with Crippen LogP contribution in [0.15, 0.2) is 72.9 Å². The average Bonchev–Trinajstić information content (AvgIpc) is 3.70. The Morgan fingerprint density at radius 2 is 1.63 bits per heavy atom. The molecule has 6 heterocycles. The van der Waals surface area contributed by atoms with E-state index in [1.165, 1.54) is 0 Å². The van der Waals surface area contributed by atoms with Crippen molar-refractivity contribution in [3.05, 3.63) is 84.2 Å². The molecular formula is C45H55N11O6. The van der Waals surface area contributed by atoms with Crippen LogP contribution in [0.1, 0.15) is 65.4 Å². The maximum atomic E-state index is 13.4. The molecule has 1 unspecified atom stereocenters. The highest BCUT2D eigenvalue weighted by Crippen LogP contribution is 2.40. The topological polar surface area (TPSA) is 200 Å². The molecular weight excluding hydrogens is 791 g/mol. The first-order valence-corrected chi connectivity index (χ1v) is 21.6. The largest absolute Gasteiger partial charge is 0.457 e. The number of likely N-dealkylation sites (tertiary alicyclic amines) is 1. The summed E-state index contributed by atoms with van der Waals surface area (Å²) in [6.07, 6.45) is 5.23. The summed E-state index contributed by atoms with van der Waals surface area (Å²) in [5.74, 6) is 1.21. The number of piperazine rings is 1. The summed E-state index contributed by atoms with van der Waals surface area (Å²) in [7, 11) is 2.04. The highest BCUT2D eigenvalue weighted by Gasteiger charge is 2.36. The molecule has 62 heavy (non-hydrogen) atoms. The fraction of sp³-hybridized carbons (Fsp3) is 0.444. The number of fused-ring (bicyclic) bond motifs is 1. The number of nitrogens with zero attached hydrogens (tertiary/aromatic N) is 7. The first kappa shape index (κ1) is 42.4. The predicted molar refractivity (Wildman–Crippen MR) is 233 cm³/mol. The number of primary amides is 1. The van der Waals surface area contributed by atoms with Crippen LogP contribution >= 0.6 is 0 Å². The van der Waals surface area contributed by atoms with Gasteiger partial charge in [0, 0.05) is 95.7 Å². The van der Waals surface area contributed by atoms with Crippen molar-refractivity contribution in [2.45, 2.75) is 50.6 Å². The number of nitrogens with two attached hydrogens (primary N) is 1. The van der Waals surface area contributed by atoms with Crippen molar-refractivity contribution in [3.8, 4) is 22.8 Å². The summed E-state index contributed by atoms with van der Waals surface area (Å²) >= 11 is 0. The number of hydrogen-bond donors (Lipinski definition) is 4. The van der Waals surface area contributed by atoms with Crippen LogP contribution in [0.25, 0.3) is 11.3 Å². The summed E-state index contributed by atoms with van der Waals surface area (Å²) in [5, 5.41) is 13.9. The molecule has 3 saturated heterocycles. The average molecular weight is 846 g/mol. The highest BCUT2D eigenvalue weighted by atomic mass is 16.5. The van der Waals surface area contributed by atoms with Gasteiger partial charge >= 0.3 is 0 Å². The lowest BCUT2D eigenvalue weighted by atomic mass is 9.86. The van der Waals surface area contributed by atoms with Crippen molar-refractivity contribution in [3.63, 3.8) is 0 Å². The van der Waals surface area contributed by atoms with Crippen LogP contribution in [0, 0.1) is 5.92 Å². The number of benzene rings is 2. The number of carbonyl (C=O) groups is 5. The minimum Gasteiger partial charge on any atom is -0.457 e. The standard InChI is InChI=1S/C45H55N11O6/c1-52(23-24-53-25-27-55(28-26-53)45(61)36-29-32(13-18-47-36)49-35-11-12-38(57)50-44(35)60)20-17-39(58)54-21-15-30(16-22-54)37-14-19-48-43-40(42(46)59)41(51-56(37)43)31-7-9-34(10-8-31)62-33-5-3-2-4-6-33/h2-10,13,18,29-30,35,37,48H,11-12,14-17,19-28H2,1H3,(H2,46,59)(H,47,49)(H,50,57,60)/t35?,37-/m0/s1. The fourth-order valence-electron chi connectivity index (χ4n) is 8.89. The van der Waals surface area contributed by atoms with Crippen LogP contribution in [0.2, 0.25) is 0 Å². The van der Waals surface area contributed by atoms with Crippen molar-refractivity contribution < 1.29 is 28.7 Å². The zero-order chi connectivity index (χ0) is 43.2. The fourth-order valence-corrected chi connectivity index (χ4v) is 8.89. The van der Waals surface area contributed by atoms with Crippen molar-refractivity contribution in [1.82, 2.24) is 39.7 Å². The van der Waals surface area contributed by atoms with Gasteiger partial charge in [-0.2, -0.15) is 5.10 Å². The number of rotatable bonds is 14. The molecule has 4 aliphatic rings. The third-order valence-corrected chi connectivity index (χ3v) is 12.5. The van der Waals surface area contributed by atoms with Gasteiger partial charge in [0.05, 0.1) is 6.04 Å². The Bertz CT molecular complexity index is 2250. The smallest absolute Gasteiger partial charge is 0.272 e. The lowest BCUT2D eigenvalue weighted by molar-refractivity contribution is -0.134. The molecule has 0 aliphatic carbocycles. The van der Waals surface area contributed by atoms with E-state index in [1.54, 1.807) is 23.2 Å². The molecule has 0 spiro atoms. The van der Waals surface area contributed by atoms with E-state index in [2.05, 4.69) is 30.7 Å². The summed E-state index contributed by atoms with van der Waals surface area (Å²) in [5.41, 5.74) is 8.59. The van der Waals surface area contributed by atoms with Crippen LogP contribution in [-0.2, 0) is 14.4 Å². The normalized spacial score (nSPS) is 19.7. The third kappa shape index (κ3) is 9.89. The van der Waals surface area contributed by atoms with Crippen LogP contribution in [0.5, 0.6) is 11.5 Å². The first-order valence-electron chi connectivity index (χ1n) is 21.6. The Hall–Kier alpha value is -6.33. The number of nitrogens with one attached hydrogen (secondary N) is 3. The van der Waals surface area contributed by atoms with Crippen LogP contribution in [-0.4, -0.2) is 142 Å². The van der Waals surface area contributed by atoms with Gasteiger partial charge in [-0.1, -0.05) is 18.2 Å². The molecule has 2 aromatic carbocycles. The van der Waals surface area contributed by atoms with Gasteiger partial charge in [-0.15, -0.1) is 0 Å². The van der Waals surface area contributed by atoms with Gasteiger partial charge in [-0.3, -0.25) is 39.2 Å². The molecule has 326 valence electrons. The van der Waals surface area contributed by atoms with E-state index < -0.39 is 11.9 Å². The number of amides is 5. The van der Waals surface area contributed by atoms with Gasteiger partial charge in [-0.25, -0.2) is 4.68 Å². The van der Waals surface area contributed by atoms with Gasteiger partial charge in [0.2, 0.25) is 17.7 Å². The van der Waals surface area contributed by atoms with Crippen LogP contribution in [0.4, 0.5) is 11.5 Å². The SMILES string of the molecule is CN(CCC(=O)N1CCC([C@@H]2CCNc3c(C(N)=O)c(-c4ccc(Oc5ccccc5)cc4)nn32)CC1)CCN1CCN(C(=O)c2cc(NC3CCC(=O)NC3=O)ccn2)CC1. The second-order valence-electron chi connectivity index (χ2n) is 16.6. The molecule has 8 rings (SSSR count). The van der Waals surface area contributed by atoms with Crippen molar-refractivity contribution in [1.29, 1.82) is 0 Å². The second kappa shape index (κ2) is 19.2. The van der Waals surface area contributed by atoms with E-state index in [0.29, 0.717) is 92.2 Å². The van der Waals surface area contributed by atoms with E-state index in [-0.39, 0.29) is 36.1 Å². The quantitative estimate of drug-likeness (QED) is 0.135. The lowest BCUT2D eigenvalue weighted by Gasteiger charge is -2.38. The number of anilines is 2. The van der Waals surface area contributed by atoms with Gasteiger partial charge < -0.3 is 35.8 Å². The molecule has 4 aromatic rings. The maximum Gasteiger partial charge on any atom is 0.272 e.